The van der Waals surface area contributed by atoms with Crippen molar-refractivity contribution in [2.45, 2.75) is 18.6 Å². The van der Waals surface area contributed by atoms with Gasteiger partial charge < -0.3 is 15.8 Å². The molecule has 0 bridgehead atoms. The second kappa shape index (κ2) is 10.5. The van der Waals surface area contributed by atoms with E-state index < -0.39 is 27.1 Å². The summed E-state index contributed by atoms with van der Waals surface area (Å²) in [5.74, 6) is -0.925. The normalized spacial score (nSPS) is 13.0. The van der Waals surface area contributed by atoms with E-state index in [4.69, 9.17) is 10.5 Å². The Morgan fingerprint density at radius 1 is 0.943 bits per heavy atom. The smallest absolute Gasteiger partial charge is 0.276 e. The van der Waals surface area contributed by atoms with Crippen LogP contribution in [0.4, 0.5) is 11.4 Å². The average molecular weight is 497 g/mol. The molecule has 0 saturated carbocycles. The number of hydrogen-bond donors (Lipinski definition) is 3. The molecule has 0 heterocycles. The predicted octanol–water partition coefficient (Wildman–Crippen LogP) is 3.34. The summed E-state index contributed by atoms with van der Waals surface area (Å²) in [7, 11) is -2.96. The fourth-order valence-corrected chi connectivity index (χ4v) is 4.35. The van der Waals surface area contributed by atoms with Gasteiger partial charge in [-0.15, -0.1) is 0 Å². The monoisotopic (exact) mass is 496 g/mol. The summed E-state index contributed by atoms with van der Waals surface area (Å²) in [4.78, 5) is 37.7. The van der Waals surface area contributed by atoms with Gasteiger partial charge in [-0.3, -0.25) is 18.9 Å². The highest BCUT2D eigenvalue weighted by atomic mass is 32.2. The van der Waals surface area contributed by atoms with Crippen LogP contribution in [0.2, 0.25) is 0 Å². The van der Waals surface area contributed by atoms with E-state index in [1.165, 1.54) is 31.2 Å². The molecule has 1 aliphatic rings. The highest BCUT2D eigenvalue weighted by Gasteiger charge is 2.34. The Balaban J connectivity index is 0.000000320. The summed E-state index contributed by atoms with van der Waals surface area (Å²) in [6.07, 6.45) is -0.143. The van der Waals surface area contributed by atoms with Gasteiger partial charge in [0.2, 0.25) is 5.91 Å². The summed E-state index contributed by atoms with van der Waals surface area (Å²) in [6, 6.07) is 18.0. The van der Waals surface area contributed by atoms with Crippen molar-refractivity contribution in [3.63, 3.8) is 0 Å². The Morgan fingerprint density at radius 3 is 2.06 bits per heavy atom. The fourth-order valence-electron chi connectivity index (χ4n) is 3.60. The van der Waals surface area contributed by atoms with Crippen molar-refractivity contribution in [2.24, 2.45) is 0 Å². The largest absolute Gasteiger partial charge is 0.497 e. The number of amides is 1. The van der Waals surface area contributed by atoms with E-state index in [0.717, 1.165) is 11.4 Å². The first kappa shape index (κ1) is 25.6. The number of carbonyl (C=O) groups is 3. The second-order valence-electron chi connectivity index (χ2n) is 7.61. The van der Waals surface area contributed by atoms with E-state index in [1.54, 1.807) is 37.4 Å². The fraction of sp³-hybridized carbons (Fsp3) is 0.160. The predicted molar refractivity (Wildman–Crippen MR) is 131 cm³/mol. The lowest BCUT2D eigenvalue weighted by Crippen LogP contribution is -2.35. The lowest BCUT2D eigenvalue weighted by molar-refractivity contribution is -0.116. The van der Waals surface area contributed by atoms with Gasteiger partial charge in [0.15, 0.2) is 16.8 Å². The Bertz CT molecular complexity index is 1380. The van der Waals surface area contributed by atoms with Crippen LogP contribution in [0.5, 0.6) is 5.75 Å². The van der Waals surface area contributed by atoms with E-state index in [1.807, 2.05) is 12.1 Å². The van der Waals surface area contributed by atoms with Gasteiger partial charge in [-0.25, -0.2) is 0 Å². The highest BCUT2D eigenvalue weighted by molar-refractivity contribution is 7.87. The number of rotatable bonds is 5. The third-order valence-electron chi connectivity index (χ3n) is 5.35. The van der Waals surface area contributed by atoms with Crippen molar-refractivity contribution >= 4 is 39.0 Å². The molecule has 0 radical (unpaired) electrons. The van der Waals surface area contributed by atoms with Crippen LogP contribution in [0.3, 0.4) is 0 Å². The topological polar surface area (TPSA) is 153 Å². The zero-order valence-corrected chi connectivity index (χ0v) is 19.8. The minimum Gasteiger partial charge on any atom is -0.497 e. The molecule has 0 aromatic heterocycles. The number of hydrogen-bond acceptors (Lipinski definition) is 7. The number of benzene rings is 3. The standard InChI is InChI=1S/C18H15NO6S.C7H9NO/c1-2-14(26(23,24)25)18(22)19-13-9-5-8-12-15(13)17(21)11-7-4-3-6-10(11)16(12)20;1-9-7-4-2-6(8)3-5-7/h3-9,14H,2H2,1H3,(H,19,22)(H,23,24,25);2-5H,8H2,1H3. The molecule has 182 valence electrons. The van der Waals surface area contributed by atoms with Crippen LogP contribution >= 0.6 is 0 Å². The number of nitrogens with two attached hydrogens (primary N) is 1. The zero-order valence-electron chi connectivity index (χ0n) is 19.0. The third kappa shape index (κ3) is 5.56. The molecule has 4 N–H and O–H groups in total. The molecule has 9 nitrogen and oxygen atoms in total. The summed E-state index contributed by atoms with van der Waals surface area (Å²) in [5.41, 5.74) is 6.85. The van der Waals surface area contributed by atoms with Gasteiger partial charge in [-0.2, -0.15) is 8.42 Å². The number of nitrogen functional groups attached to an aromatic ring is 1. The number of methoxy groups -OCH3 is 1. The van der Waals surface area contributed by atoms with Crippen LogP contribution in [-0.2, 0) is 14.9 Å². The summed E-state index contributed by atoms with van der Waals surface area (Å²) in [6.45, 7) is 1.43. The number of ether oxygens (including phenoxy) is 1. The van der Waals surface area contributed by atoms with Crippen molar-refractivity contribution in [1.29, 1.82) is 0 Å². The Hall–Kier alpha value is -4.02. The molecule has 1 atom stereocenters. The maximum atomic E-state index is 12.8. The minimum atomic E-state index is -4.59. The molecule has 0 fully saturated rings. The summed E-state index contributed by atoms with van der Waals surface area (Å²) < 4.78 is 36.8. The number of nitrogens with one attached hydrogen (secondary N) is 1. The number of anilines is 2. The van der Waals surface area contributed by atoms with Crippen LogP contribution in [0.15, 0.2) is 66.7 Å². The molecule has 0 aliphatic heterocycles. The summed E-state index contributed by atoms with van der Waals surface area (Å²) in [5, 5.41) is 0.692. The molecule has 1 amide bonds. The quantitative estimate of drug-likeness (QED) is 0.281. The maximum absolute atomic E-state index is 12.8. The van der Waals surface area contributed by atoms with Crippen molar-refractivity contribution in [3.8, 4) is 5.75 Å². The molecule has 0 spiro atoms. The van der Waals surface area contributed by atoms with Crippen LogP contribution in [0.1, 0.15) is 45.2 Å². The zero-order chi connectivity index (χ0) is 25.8. The van der Waals surface area contributed by atoms with Crippen LogP contribution < -0.4 is 15.8 Å². The lowest BCUT2D eigenvalue weighted by Gasteiger charge is -2.21. The molecule has 35 heavy (non-hydrogen) atoms. The lowest BCUT2D eigenvalue weighted by atomic mass is 9.83. The van der Waals surface area contributed by atoms with Crippen molar-refractivity contribution < 1.29 is 32.1 Å². The molecule has 10 heteroatoms. The third-order valence-corrected chi connectivity index (χ3v) is 6.62. The number of ketones is 2. The van der Waals surface area contributed by atoms with Gasteiger partial charge in [0.1, 0.15) is 5.75 Å². The molecular weight excluding hydrogens is 472 g/mol. The average Bonchev–Trinajstić information content (AvgIpc) is 2.83. The number of fused-ring (bicyclic) bond motifs is 2. The minimum absolute atomic E-state index is 0.00902. The molecule has 3 aromatic carbocycles. The number of carbonyl (C=O) groups excluding carboxylic acids is 3. The summed E-state index contributed by atoms with van der Waals surface area (Å²) >= 11 is 0. The van der Waals surface area contributed by atoms with Crippen LogP contribution in [0.25, 0.3) is 0 Å². The molecular formula is C25H24N2O7S. The highest BCUT2D eigenvalue weighted by Crippen LogP contribution is 2.32. The van der Waals surface area contributed by atoms with Crippen molar-refractivity contribution in [3.05, 3.63) is 89.0 Å². The first-order valence-corrected chi connectivity index (χ1v) is 12.1. The molecule has 3 aromatic rings. The second-order valence-corrected chi connectivity index (χ2v) is 9.21. The van der Waals surface area contributed by atoms with E-state index in [-0.39, 0.29) is 40.1 Å². The maximum Gasteiger partial charge on any atom is 0.276 e. The van der Waals surface area contributed by atoms with Gasteiger partial charge in [0.25, 0.3) is 10.1 Å². The Labute approximate surface area is 202 Å². The van der Waals surface area contributed by atoms with Gasteiger partial charge in [0, 0.05) is 22.4 Å². The van der Waals surface area contributed by atoms with Gasteiger partial charge in [-0.05, 0) is 36.8 Å². The van der Waals surface area contributed by atoms with E-state index in [0.29, 0.717) is 0 Å². The van der Waals surface area contributed by atoms with Gasteiger partial charge in [0.05, 0.1) is 18.4 Å². The first-order chi connectivity index (χ1) is 16.6. The SMILES string of the molecule is CCC(C(=O)Nc1cccc2c1C(=O)c1ccccc1C2=O)S(=O)(=O)O.COc1ccc(N)cc1. The van der Waals surface area contributed by atoms with E-state index in [9.17, 15) is 27.4 Å². The first-order valence-electron chi connectivity index (χ1n) is 10.6. The molecule has 0 saturated heterocycles. The molecule has 1 aliphatic carbocycles. The van der Waals surface area contributed by atoms with Crippen molar-refractivity contribution in [1.82, 2.24) is 0 Å². The van der Waals surface area contributed by atoms with Crippen LogP contribution in [-0.4, -0.2) is 42.8 Å². The Morgan fingerprint density at radius 2 is 1.51 bits per heavy atom. The van der Waals surface area contributed by atoms with E-state index >= 15 is 0 Å². The van der Waals surface area contributed by atoms with E-state index in [2.05, 4.69) is 5.32 Å². The molecule has 4 rings (SSSR count). The van der Waals surface area contributed by atoms with Gasteiger partial charge in [-0.1, -0.05) is 43.3 Å². The molecule has 1 unspecified atom stereocenters. The van der Waals surface area contributed by atoms with Crippen LogP contribution in [0, 0.1) is 0 Å². The van der Waals surface area contributed by atoms with Gasteiger partial charge >= 0.3 is 0 Å². The van der Waals surface area contributed by atoms with Crippen molar-refractivity contribution in [2.75, 3.05) is 18.2 Å². The Kier molecular flexibility index (Phi) is 7.68.